The van der Waals surface area contributed by atoms with Crippen molar-refractivity contribution in [2.24, 2.45) is 0 Å². The summed E-state index contributed by atoms with van der Waals surface area (Å²) in [5.74, 6) is 1.67. The number of nitriles is 1. The third-order valence-corrected chi connectivity index (χ3v) is 2.76. The fourth-order valence-corrected chi connectivity index (χ4v) is 1.90. The molecule has 0 heterocycles. The Morgan fingerprint density at radius 1 is 1.54 bits per heavy atom. The molecule has 0 aromatic rings. The number of hydrogen-bond donors (Lipinski definition) is 2. The summed E-state index contributed by atoms with van der Waals surface area (Å²) in [6.07, 6.45) is 0.821. The lowest BCUT2D eigenvalue weighted by Crippen LogP contribution is -2.41. The molecule has 0 spiro atoms. The van der Waals surface area contributed by atoms with Crippen molar-refractivity contribution in [3.63, 3.8) is 0 Å². The van der Waals surface area contributed by atoms with E-state index in [1.54, 1.807) is 11.8 Å². The van der Waals surface area contributed by atoms with Gasteiger partial charge in [-0.05, 0) is 25.6 Å². The van der Waals surface area contributed by atoms with E-state index in [2.05, 4.69) is 11.4 Å². The predicted octanol–water partition coefficient (Wildman–Crippen LogP) is 0.994. The molecule has 1 atom stereocenters. The molecule has 0 aromatic carbocycles. The summed E-state index contributed by atoms with van der Waals surface area (Å²) in [4.78, 5) is 0. The predicted molar refractivity (Wildman–Crippen MR) is 56.7 cm³/mol. The van der Waals surface area contributed by atoms with E-state index < -0.39 is 5.54 Å². The van der Waals surface area contributed by atoms with Crippen LogP contribution >= 0.6 is 11.8 Å². The highest BCUT2D eigenvalue weighted by atomic mass is 32.2. The first-order valence-corrected chi connectivity index (χ1v) is 5.69. The van der Waals surface area contributed by atoms with Gasteiger partial charge >= 0.3 is 0 Å². The lowest BCUT2D eigenvalue weighted by Gasteiger charge is -2.21. The topological polar surface area (TPSA) is 56.0 Å². The zero-order chi connectivity index (χ0) is 10.2. The van der Waals surface area contributed by atoms with Gasteiger partial charge in [-0.1, -0.05) is 6.92 Å². The number of nitrogens with zero attached hydrogens (tertiary/aromatic N) is 1. The van der Waals surface area contributed by atoms with E-state index in [-0.39, 0.29) is 6.61 Å². The van der Waals surface area contributed by atoms with E-state index in [1.165, 1.54) is 0 Å². The number of thioether (sulfide) groups is 1. The Morgan fingerprint density at radius 2 is 2.23 bits per heavy atom. The van der Waals surface area contributed by atoms with Crippen molar-refractivity contribution in [1.82, 2.24) is 5.32 Å². The van der Waals surface area contributed by atoms with Crippen LogP contribution in [0.25, 0.3) is 0 Å². The van der Waals surface area contributed by atoms with E-state index in [0.717, 1.165) is 24.5 Å². The Labute approximate surface area is 84.5 Å². The largest absolute Gasteiger partial charge is 0.396 e. The van der Waals surface area contributed by atoms with Gasteiger partial charge in [0.25, 0.3) is 0 Å². The van der Waals surface area contributed by atoms with Gasteiger partial charge in [0.15, 0.2) is 0 Å². The van der Waals surface area contributed by atoms with Crippen molar-refractivity contribution in [2.75, 3.05) is 24.7 Å². The lowest BCUT2D eigenvalue weighted by atomic mass is 10.0. The smallest absolute Gasteiger partial charge is 0.104 e. The lowest BCUT2D eigenvalue weighted by molar-refractivity contribution is 0.322. The van der Waals surface area contributed by atoms with Gasteiger partial charge in [0.2, 0.25) is 0 Å². The van der Waals surface area contributed by atoms with Gasteiger partial charge in [-0.15, -0.1) is 0 Å². The Bertz CT molecular complexity index is 169. The van der Waals surface area contributed by atoms with E-state index in [0.29, 0.717) is 0 Å². The number of aliphatic hydroxyl groups excluding tert-OH is 1. The minimum atomic E-state index is -0.406. The van der Waals surface area contributed by atoms with Crippen LogP contribution in [0.5, 0.6) is 0 Å². The van der Waals surface area contributed by atoms with Gasteiger partial charge < -0.3 is 5.11 Å². The highest BCUT2D eigenvalue weighted by Crippen LogP contribution is 2.12. The van der Waals surface area contributed by atoms with Crippen LogP contribution in [-0.2, 0) is 0 Å². The van der Waals surface area contributed by atoms with Crippen molar-refractivity contribution in [1.29, 1.82) is 5.26 Å². The first-order valence-electron chi connectivity index (χ1n) is 4.53. The van der Waals surface area contributed by atoms with Crippen LogP contribution in [0.15, 0.2) is 0 Å². The summed E-state index contributed by atoms with van der Waals surface area (Å²) < 4.78 is 0. The molecular formula is C9H18N2OS. The van der Waals surface area contributed by atoms with Crippen molar-refractivity contribution >= 4 is 11.8 Å². The second-order valence-corrected chi connectivity index (χ2v) is 4.28. The van der Waals surface area contributed by atoms with E-state index in [4.69, 9.17) is 10.4 Å². The quantitative estimate of drug-likeness (QED) is 0.605. The maximum Gasteiger partial charge on any atom is 0.104 e. The zero-order valence-corrected chi connectivity index (χ0v) is 9.15. The SMILES string of the molecule is CCNC(C)(C#N)CCSCCO. The van der Waals surface area contributed by atoms with Crippen LogP contribution in [-0.4, -0.2) is 35.3 Å². The molecule has 0 radical (unpaired) electrons. The van der Waals surface area contributed by atoms with Gasteiger partial charge in [-0.3, -0.25) is 5.32 Å². The highest BCUT2D eigenvalue weighted by Gasteiger charge is 2.21. The van der Waals surface area contributed by atoms with Gasteiger partial charge in [0, 0.05) is 5.75 Å². The van der Waals surface area contributed by atoms with Crippen LogP contribution in [0.4, 0.5) is 0 Å². The molecule has 0 amide bonds. The van der Waals surface area contributed by atoms with Gasteiger partial charge in [-0.25, -0.2) is 0 Å². The average Bonchev–Trinajstić information content (AvgIpc) is 2.13. The van der Waals surface area contributed by atoms with Gasteiger partial charge in [0.05, 0.1) is 12.7 Å². The Morgan fingerprint density at radius 3 is 2.69 bits per heavy atom. The van der Waals surface area contributed by atoms with E-state index in [9.17, 15) is 0 Å². The van der Waals surface area contributed by atoms with Crippen LogP contribution in [0.1, 0.15) is 20.3 Å². The standard InChI is InChI=1S/C9H18N2OS/c1-3-11-9(2,8-10)4-6-13-7-5-12/h11-12H,3-7H2,1-2H3. The molecule has 0 fully saturated rings. The minimum Gasteiger partial charge on any atom is -0.396 e. The molecule has 0 rings (SSSR count). The van der Waals surface area contributed by atoms with Crippen LogP contribution in [0.2, 0.25) is 0 Å². The maximum atomic E-state index is 8.90. The highest BCUT2D eigenvalue weighted by molar-refractivity contribution is 7.99. The fraction of sp³-hybridized carbons (Fsp3) is 0.889. The van der Waals surface area contributed by atoms with Crippen molar-refractivity contribution in [3.05, 3.63) is 0 Å². The normalized spacial score (nSPS) is 14.9. The molecule has 1 unspecified atom stereocenters. The van der Waals surface area contributed by atoms with E-state index in [1.807, 2.05) is 13.8 Å². The molecular weight excluding hydrogens is 184 g/mol. The first kappa shape index (κ1) is 12.8. The summed E-state index contributed by atoms with van der Waals surface area (Å²) in [5, 5.41) is 20.6. The molecule has 0 aromatic heterocycles. The molecule has 0 aliphatic heterocycles. The van der Waals surface area contributed by atoms with E-state index >= 15 is 0 Å². The summed E-state index contributed by atoms with van der Waals surface area (Å²) in [6.45, 7) is 4.94. The monoisotopic (exact) mass is 202 g/mol. The Balaban J connectivity index is 3.65. The minimum absolute atomic E-state index is 0.217. The maximum absolute atomic E-state index is 8.90. The summed E-state index contributed by atoms with van der Waals surface area (Å²) >= 11 is 1.68. The average molecular weight is 202 g/mol. The molecule has 0 saturated carbocycles. The van der Waals surface area contributed by atoms with Crippen LogP contribution in [0.3, 0.4) is 0 Å². The second kappa shape index (κ2) is 7.19. The summed E-state index contributed by atoms with van der Waals surface area (Å²) in [5.41, 5.74) is -0.406. The fourth-order valence-electron chi connectivity index (χ4n) is 1.02. The Kier molecular flexibility index (Phi) is 7.06. The molecule has 0 aliphatic rings. The molecule has 13 heavy (non-hydrogen) atoms. The van der Waals surface area contributed by atoms with Crippen molar-refractivity contribution in [3.8, 4) is 6.07 Å². The van der Waals surface area contributed by atoms with Crippen molar-refractivity contribution in [2.45, 2.75) is 25.8 Å². The third-order valence-electron chi connectivity index (χ3n) is 1.80. The Hall–Kier alpha value is -0.240. The molecule has 0 saturated heterocycles. The third kappa shape index (κ3) is 5.92. The number of rotatable bonds is 7. The molecule has 3 nitrogen and oxygen atoms in total. The van der Waals surface area contributed by atoms with Crippen LogP contribution < -0.4 is 5.32 Å². The first-order chi connectivity index (χ1) is 6.18. The molecule has 0 aliphatic carbocycles. The number of hydrogen-bond acceptors (Lipinski definition) is 4. The molecule has 0 bridgehead atoms. The summed E-state index contributed by atoms with van der Waals surface area (Å²) in [7, 11) is 0. The van der Waals surface area contributed by atoms with Crippen molar-refractivity contribution < 1.29 is 5.11 Å². The van der Waals surface area contributed by atoms with Gasteiger partial charge in [0.1, 0.15) is 5.54 Å². The van der Waals surface area contributed by atoms with Crippen LogP contribution in [0, 0.1) is 11.3 Å². The zero-order valence-electron chi connectivity index (χ0n) is 8.34. The molecule has 76 valence electrons. The van der Waals surface area contributed by atoms with Gasteiger partial charge in [-0.2, -0.15) is 17.0 Å². The molecule has 4 heteroatoms. The second-order valence-electron chi connectivity index (χ2n) is 3.06. The molecule has 2 N–H and O–H groups in total. The number of nitrogens with one attached hydrogen (secondary N) is 1. The number of aliphatic hydroxyl groups is 1. The summed E-state index contributed by atoms with van der Waals surface area (Å²) in [6, 6.07) is 2.27.